The van der Waals surface area contributed by atoms with E-state index in [1.807, 2.05) is 6.08 Å². The molecule has 0 rings (SSSR count). The Labute approximate surface area is 51.4 Å². The van der Waals surface area contributed by atoms with Crippen LogP contribution in [0.15, 0.2) is 12.3 Å². The van der Waals surface area contributed by atoms with Gasteiger partial charge in [-0.05, 0) is 18.4 Å². The van der Waals surface area contributed by atoms with E-state index in [0.29, 0.717) is 0 Å². The molecule has 0 radical (unpaired) electrons. The van der Waals surface area contributed by atoms with Crippen molar-refractivity contribution >= 4 is 0 Å². The molecule has 0 heterocycles. The van der Waals surface area contributed by atoms with E-state index in [0.717, 1.165) is 12.3 Å². The van der Waals surface area contributed by atoms with Crippen molar-refractivity contribution in [3.8, 4) is 0 Å². The van der Waals surface area contributed by atoms with E-state index in [1.165, 1.54) is 0 Å². The van der Waals surface area contributed by atoms with Gasteiger partial charge in [-0.2, -0.15) is 0 Å². The standard InChI is InChI=1S/C7H14O/c1-7(2)5-4-6-8-3/h4,6-7H,5H2,1-3H3/b6-4-. The SMILES string of the molecule is CO/C=C\CC(C)C. The van der Waals surface area contributed by atoms with Crippen LogP contribution in [0.4, 0.5) is 0 Å². The Hall–Kier alpha value is -0.460. The maximum atomic E-state index is 4.71. The number of hydrogen-bond acceptors (Lipinski definition) is 1. The largest absolute Gasteiger partial charge is 0.505 e. The summed E-state index contributed by atoms with van der Waals surface area (Å²) in [4.78, 5) is 0. The molecule has 0 aliphatic rings. The minimum atomic E-state index is 0.737. The molecular weight excluding hydrogens is 100 g/mol. The lowest BCUT2D eigenvalue weighted by Gasteiger charge is -1.94. The zero-order chi connectivity index (χ0) is 6.41. The van der Waals surface area contributed by atoms with Gasteiger partial charge in [0.25, 0.3) is 0 Å². The second kappa shape index (κ2) is 4.69. The predicted octanol–water partition coefficient (Wildman–Crippen LogP) is 2.19. The summed E-state index contributed by atoms with van der Waals surface area (Å²) in [6.07, 6.45) is 4.86. The van der Waals surface area contributed by atoms with Gasteiger partial charge in [0.05, 0.1) is 13.4 Å². The zero-order valence-corrected chi connectivity index (χ0v) is 5.85. The molecule has 0 aliphatic carbocycles. The number of methoxy groups -OCH3 is 1. The fourth-order valence-corrected chi connectivity index (χ4v) is 0.424. The van der Waals surface area contributed by atoms with Gasteiger partial charge < -0.3 is 4.74 Å². The molecule has 48 valence electrons. The molecular formula is C7H14O. The molecule has 1 heteroatoms. The summed E-state index contributed by atoms with van der Waals surface area (Å²) in [5.41, 5.74) is 0. The summed E-state index contributed by atoms with van der Waals surface area (Å²) in [6, 6.07) is 0. The Morgan fingerprint density at radius 2 is 2.12 bits per heavy atom. The lowest BCUT2D eigenvalue weighted by atomic mass is 10.1. The Morgan fingerprint density at radius 1 is 1.50 bits per heavy atom. The average Bonchev–Trinajstić information content (AvgIpc) is 1.66. The van der Waals surface area contributed by atoms with Gasteiger partial charge in [-0.1, -0.05) is 13.8 Å². The van der Waals surface area contributed by atoms with Crippen molar-refractivity contribution in [1.29, 1.82) is 0 Å². The van der Waals surface area contributed by atoms with Crippen LogP contribution in [0.25, 0.3) is 0 Å². The zero-order valence-electron chi connectivity index (χ0n) is 5.85. The van der Waals surface area contributed by atoms with Crippen LogP contribution < -0.4 is 0 Å². The maximum absolute atomic E-state index is 4.71. The van der Waals surface area contributed by atoms with Crippen LogP contribution in [-0.2, 0) is 4.74 Å². The summed E-state index contributed by atoms with van der Waals surface area (Å²) in [6.45, 7) is 4.36. The molecule has 0 aliphatic heterocycles. The third kappa shape index (κ3) is 5.54. The highest BCUT2D eigenvalue weighted by atomic mass is 16.5. The molecule has 0 fully saturated rings. The lowest BCUT2D eigenvalue weighted by Crippen LogP contribution is -1.81. The monoisotopic (exact) mass is 114 g/mol. The maximum Gasteiger partial charge on any atom is 0.0784 e. The number of hydrogen-bond donors (Lipinski definition) is 0. The van der Waals surface area contributed by atoms with Crippen molar-refractivity contribution in [2.24, 2.45) is 5.92 Å². The fourth-order valence-electron chi connectivity index (χ4n) is 0.424. The van der Waals surface area contributed by atoms with Gasteiger partial charge in [-0.25, -0.2) is 0 Å². The average molecular weight is 114 g/mol. The molecule has 0 spiro atoms. The Balaban J connectivity index is 3.03. The van der Waals surface area contributed by atoms with E-state index in [2.05, 4.69) is 13.8 Å². The highest BCUT2D eigenvalue weighted by Gasteiger charge is 1.85. The number of ether oxygens (including phenoxy) is 1. The minimum absolute atomic E-state index is 0.737. The van der Waals surface area contributed by atoms with E-state index < -0.39 is 0 Å². The van der Waals surface area contributed by atoms with Crippen LogP contribution in [0.1, 0.15) is 20.3 Å². The van der Waals surface area contributed by atoms with Crippen molar-refractivity contribution in [3.63, 3.8) is 0 Å². The first-order valence-electron chi connectivity index (χ1n) is 2.95. The molecule has 0 aromatic rings. The third-order valence-corrected chi connectivity index (χ3v) is 0.840. The number of rotatable bonds is 3. The van der Waals surface area contributed by atoms with E-state index in [-0.39, 0.29) is 0 Å². The Kier molecular flexibility index (Phi) is 4.42. The molecule has 0 bridgehead atoms. The van der Waals surface area contributed by atoms with Crippen molar-refractivity contribution < 1.29 is 4.74 Å². The van der Waals surface area contributed by atoms with Crippen molar-refractivity contribution in [3.05, 3.63) is 12.3 Å². The Morgan fingerprint density at radius 3 is 2.50 bits per heavy atom. The smallest absolute Gasteiger partial charge is 0.0784 e. The van der Waals surface area contributed by atoms with Crippen LogP contribution in [0.5, 0.6) is 0 Å². The summed E-state index contributed by atoms with van der Waals surface area (Å²) >= 11 is 0. The first-order valence-corrected chi connectivity index (χ1v) is 2.95. The van der Waals surface area contributed by atoms with Crippen LogP contribution in [0.2, 0.25) is 0 Å². The van der Waals surface area contributed by atoms with Gasteiger partial charge in [-0.15, -0.1) is 0 Å². The summed E-state index contributed by atoms with van der Waals surface area (Å²) in [5.74, 6) is 0.737. The first-order chi connectivity index (χ1) is 3.77. The van der Waals surface area contributed by atoms with Gasteiger partial charge in [0.15, 0.2) is 0 Å². The highest BCUT2D eigenvalue weighted by Crippen LogP contribution is 1.98. The quantitative estimate of drug-likeness (QED) is 0.511. The van der Waals surface area contributed by atoms with Gasteiger partial charge in [0.1, 0.15) is 0 Å². The first kappa shape index (κ1) is 7.54. The molecule has 0 amide bonds. The van der Waals surface area contributed by atoms with E-state index in [1.54, 1.807) is 13.4 Å². The second-order valence-corrected chi connectivity index (χ2v) is 2.24. The van der Waals surface area contributed by atoms with Crippen LogP contribution >= 0.6 is 0 Å². The van der Waals surface area contributed by atoms with Gasteiger partial charge in [0, 0.05) is 0 Å². The normalized spacial score (nSPS) is 11.0. The molecule has 8 heavy (non-hydrogen) atoms. The second-order valence-electron chi connectivity index (χ2n) is 2.24. The van der Waals surface area contributed by atoms with Crippen molar-refractivity contribution in [2.75, 3.05) is 7.11 Å². The summed E-state index contributed by atoms with van der Waals surface area (Å²) in [7, 11) is 1.66. The number of allylic oxidation sites excluding steroid dienone is 1. The summed E-state index contributed by atoms with van der Waals surface area (Å²) in [5, 5.41) is 0. The van der Waals surface area contributed by atoms with E-state index in [4.69, 9.17) is 4.74 Å². The van der Waals surface area contributed by atoms with Crippen LogP contribution in [0.3, 0.4) is 0 Å². The topological polar surface area (TPSA) is 9.23 Å². The molecule has 0 saturated heterocycles. The molecule has 0 unspecified atom stereocenters. The van der Waals surface area contributed by atoms with Gasteiger partial charge >= 0.3 is 0 Å². The Bertz CT molecular complexity index is 64.8. The van der Waals surface area contributed by atoms with Crippen molar-refractivity contribution in [1.82, 2.24) is 0 Å². The van der Waals surface area contributed by atoms with Crippen LogP contribution in [0, 0.1) is 5.92 Å². The molecule has 0 atom stereocenters. The molecule has 0 N–H and O–H groups in total. The van der Waals surface area contributed by atoms with Crippen molar-refractivity contribution in [2.45, 2.75) is 20.3 Å². The van der Waals surface area contributed by atoms with Gasteiger partial charge in [-0.3, -0.25) is 0 Å². The third-order valence-electron chi connectivity index (χ3n) is 0.840. The van der Waals surface area contributed by atoms with E-state index in [9.17, 15) is 0 Å². The fraction of sp³-hybridized carbons (Fsp3) is 0.714. The lowest BCUT2D eigenvalue weighted by molar-refractivity contribution is 0.335. The predicted molar refractivity (Wildman–Crippen MR) is 35.6 cm³/mol. The molecule has 0 saturated carbocycles. The molecule has 1 nitrogen and oxygen atoms in total. The highest BCUT2D eigenvalue weighted by molar-refractivity contribution is 4.73. The summed E-state index contributed by atoms with van der Waals surface area (Å²) < 4.78 is 4.71. The van der Waals surface area contributed by atoms with Gasteiger partial charge in [0.2, 0.25) is 0 Å². The van der Waals surface area contributed by atoms with E-state index >= 15 is 0 Å². The molecule has 0 aromatic heterocycles. The minimum Gasteiger partial charge on any atom is -0.505 e. The van der Waals surface area contributed by atoms with Crippen LogP contribution in [-0.4, -0.2) is 7.11 Å². The molecule has 0 aromatic carbocycles.